The molecule has 0 unspecified atom stereocenters. The van der Waals surface area contributed by atoms with E-state index in [2.05, 4.69) is 5.10 Å². The molecule has 20 heavy (non-hydrogen) atoms. The maximum Gasteiger partial charge on any atom is 0.354 e. The summed E-state index contributed by atoms with van der Waals surface area (Å²) in [5.41, 5.74) is -1.12. The third kappa shape index (κ3) is 2.64. The normalized spacial score (nSPS) is 18.9. The van der Waals surface area contributed by atoms with Crippen LogP contribution in [0.1, 0.15) is 41.5 Å². The molecule has 112 valence electrons. The average molecular weight is 294 g/mol. The van der Waals surface area contributed by atoms with Crippen LogP contribution >= 0.6 is 0 Å². The van der Waals surface area contributed by atoms with Gasteiger partial charge >= 0.3 is 5.97 Å². The van der Waals surface area contributed by atoms with Crippen molar-refractivity contribution in [3.63, 3.8) is 0 Å². The Labute approximate surface area is 112 Å². The third-order valence-electron chi connectivity index (χ3n) is 3.41. The predicted molar refractivity (Wildman–Crippen MR) is 61.2 cm³/mol. The molecule has 0 saturated heterocycles. The Morgan fingerprint density at radius 3 is 2.45 bits per heavy atom. The van der Waals surface area contributed by atoms with Crippen molar-refractivity contribution >= 4 is 5.97 Å². The summed E-state index contributed by atoms with van der Waals surface area (Å²) in [4.78, 5) is 11.1. The highest BCUT2D eigenvalue weighted by Crippen LogP contribution is 2.43. The van der Waals surface area contributed by atoms with Crippen LogP contribution in [0.2, 0.25) is 0 Å². The molecule has 4 nitrogen and oxygen atoms in total. The summed E-state index contributed by atoms with van der Waals surface area (Å²) in [5.74, 6) is -7.85. The van der Waals surface area contributed by atoms with Crippen LogP contribution in [0.15, 0.2) is 0 Å². The Balaban J connectivity index is 2.30. The van der Waals surface area contributed by atoms with E-state index in [0.717, 1.165) is 4.68 Å². The Kier molecular flexibility index (Phi) is 3.30. The van der Waals surface area contributed by atoms with Gasteiger partial charge in [0.1, 0.15) is 11.4 Å². The minimum atomic E-state index is -3.27. The van der Waals surface area contributed by atoms with E-state index in [1.807, 2.05) is 0 Å². The Bertz CT molecular complexity index is 540. The van der Waals surface area contributed by atoms with Gasteiger partial charge in [-0.2, -0.15) is 13.9 Å². The van der Waals surface area contributed by atoms with Gasteiger partial charge in [-0.3, -0.25) is 4.68 Å². The first-order chi connectivity index (χ1) is 9.01. The Morgan fingerprint density at radius 1 is 1.50 bits per heavy atom. The summed E-state index contributed by atoms with van der Waals surface area (Å²) in [6.45, 7) is 1.78. The number of halogens is 4. The molecule has 1 aliphatic rings. The highest BCUT2D eigenvalue weighted by molar-refractivity contribution is 5.87. The number of aromatic carboxylic acids is 1. The molecule has 0 atom stereocenters. The Hall–Kier alpha value is -1.60. The second-order valence-corrected chi connectivity index (χ2v) is 5.33. The van der Waals surface area contributed by atoms with Crippen molar-refractivity contribution in [1.82, 2.24) is 9.78 Å². The topological polar surface area (TPSA) is 55.1 Å². The van der Waals surface area contributed by atoms with Crippen LogP contribution in [0.3, 0.4) is 0 Å². The molecule has 0 spiro atoms. The molecule has 2 rings (SSSR count). The zero-order valence-corrected chi connectivity index (χ0v) is 11.0. The molecule has 0 bridgehead atoms. The number of hydrogen-bond acceptors (Lipinski definition) is 2. The lowest BCUT2D eigenvalue weighted by Crippen LogP contribution is -2.38. The molecule has 0 aromatic carbocycles. The van der Waals surface area contributed by atoms with Crippen molar-refractivity contribution in [2.45, 2.75) is 45.1 Å². The van der Waals surface area contributed by atoms with Crippen molar-refractivity contribution in [3.05, 3.63) is 17.0 Å². The fraction of sp³-hybridized carbons (Fsp3) is 0.667. The van der Waals surface area contributed by atoms with Gasteiger partial charge in [-0.15, -0.1) is 0 Å². The van der Waals surface area contributed by atoms with E-state index in [4.69, 9.17) is 5.11 Å². The van der Waals surface area contributed by atoms with Crippen molar-refractivity contribution in [1.29, 1.82) is 0 Å². The SMILES string of the molecule is Cc1c(C(C)(F)F)nn(CC2CC(F)(F)C2)c1C(=O)O. The first kappa shape index (κ1) is 14.8. The molecular weight excluding hydrogens is 280 g/mol. The van der Waals surface area contributed by atoms with Crippen LogP contribution in [0.5, 0.6) is 0 Å². The molecular formula is C12H14F4N2O2. The second kappa shape index (κ2) is 4.46. The van der Waals surface area contributed by atoms with Gasteiger partial charge in [-0.1, -0.05) is 0 Å². The third-order valence-corrected chi connectivity index (χ3v) is 3.41. The largest absolute Gasteiger partial charge is 0.477 e. The minimum Gasteiger partial charge on any atom is -0.477 e. The molecule has 1 aromatic rings. The fourth-order valence-electron chi connectivity index (χ4n) is 2.53. The van der Waals surface area contributed by atoms with Crippen molar-refractivity contribution < 1.29 is 27.5 Å². The van der Waals surface area contributed by atoms with Gasteiger partial charge in [-0.05, 0) is 12.8 Å². The number of carboxylic acid groups (broad SMARTS) is 1. The molecule has 1 aromatic heterocycles. The Morgan fingerprint density at radius 2 is 2.05 bits per heavy atom. The predicted octanol–water partition coefficient (Wildman–Crippen LogP) is 3.05. The van der Waals surface area contributed by atoms with Crippen molar-refractivity contribution in [2.24, 2.45) is 5.92 Å². The first-order valence-corrected chi connectivity index (χ1v) is 6.08. The van der Waals surface area contributed by atoms with Gasteiger partial charge in [0.05, 0.1) is 0 Å². The van der Waals surface area contributed by atoms with E-state index < -0.39 is 29.4 Å². The molecule has 1 N–H and O–H groups in total. The van der Waals surface area contributed by atoms with Gasteiger partial charge in [-0.25, -0.2) is 13.6 Å². The van der Waals surface area contributed by atoms with Crippen LogP contribution in [-0.4, -0.2) is 26.8 Å². The number of carbonyl (C=O) groups is 1. The lowest BCUT2D eigenvalue weighted by Gasteiger charge is -2.34. The van der Waals surface area contributed by atoms with E-state index in [-0.39, 0.29) is 30.6 Å². The molecule has 0 amide bonds. The zero-order valence-electron chi connectivity index (χ0n) is 11.0. The maximum absolute atomic E-state index is 13.3. The smallest absolute Gasteiger partial charge is 0.354 e. The maximum atomic E-state index is 13.3. The molecule has 1 aliphatic carbocycles. The lowest BCUT2D eigenvalue weighted by atomic mass is 9.81. The number of carboxylic acids is 1. The summed E-state index contributed by atoms with van der Waals surface area (Å²) in [6, 6.07) is 0. The number of aromatic nitrogens is 2. The lowest BCUT2D eigenvalue weighted by molar-refractivity contribution is -0.114. The van der Waals surface area contributed by atoms with Crippen LogP contribution in [-0.2, 0) is 12.5 Å². The van der Waals surface area contributed by atoms with Gasteiger partial charge in [0.15, 0.2) is 0 Å². The average Bonchev–Trinajstić information content (AvgIpc) is 2.52. The molecule has 1 heterocycles. The number of nitrogens with zero attached hydrogens (tertiary/aromatic N) is 2. The van der Waals surface area contributed by atoms with Crippen LogP contribution in [0.4, 0.5) is 17.6 Å². The van der Waals surface area contributed by atoms with E-state index in [0.29, 0.717) is 6.92 Å². The van der Waals surface area contributed by atoms with Crippen molar-refractivity contribution in [3.8, 4) is 0 Å². The summed E-state index contributed by atoms with van der Waals surface area (Å²) in [6.07, 6.45) is -0.744. The first-order valence-electron chi connectivity index (χ1n) is 6.08. The van der Waals surface area contributed by atoms with Crippen LogP contribution in [0, 0.1) is 12.8 Å². The summed E-state index contributed by atoms with van der Waals surface area (Å²) in [5, 5.41) is 12.7. The monoisotopic (exact) mass is 294 g/mol. The van der Waals surface area contributed by atoms with Gasteiger partial charge in [0.2, 0.25) is 5.92 Å². The summed E-state index contributed by atoms with van der Waals surface area (Å²) < 4.78 is 53.1. The highest BCUT2D eigenvalue weighted by Gasteiger charge is 2.46. The number of alkyl halides is 4. The van der Waals surface area contributed by atoms with Crippen LogP contribution < -0.4 is 0 Å². The van der Waals surface area contributed by atoms with E-state index in [9.17, 15) is 22.4 Å². The van der Waals surface area contributed by atoms with Crippen LogP contribution in [0.25, 0.3) is 0 Å². The number of hydrogen-bond donors (Lipinski definition) is 1. The zero-order chi connectivity index (χ0) is 15.3. The minimum absolute atomic E-state index is 0.0891. The number of rotatable bonds is 4. The standard InChI is InChI=1S/C12H14F4N2O2/c1-6-8(10(19)20)18(17-9(6)11(2,13)14)5-7-3-12(15,16)4-7/h7H,3-5H2,1-2H3,(H,19,20). The van der Waals surface area contributed by atoms with Gasteiger partial charge in [0, 0.05) is 31.9 Å². The summed E-state index contributed by atoms with van der Waals surface area (Å²) in [7, 11) is 0. The highest BCUT2D eigenvalue weighted by atomic mass is 19.3. The summed E-state index contributed by atoms with van der Waals surface area (Å²) >= 11 is 0. The second-order valence-electron chi connectivity index (χ2n) is 5.33. The van der Waals surface area contributed by atoms with Gasteiger partial charge in [0.25, 0.3) is 5.92 Å². The molecule has 8 heteroatoms. The fourth-order valence-corrected chi connectivity index (χ4v) is 2.53. The van der Waals surface area contributed by atoms with E-state index >= 15 is 0 Å². The van der Waals surface area contributed by atoms with E-state index in [1.165, 1.54) is 6.92 Å². The van der Waals surface area contributed by atoms with E-state index in [1.54, 1.807) is 0 Å². The van der Waals surface area contributed by atoms with Crippen molar-refractivity contribution in [2.75, 3.05) is 0 Å². The molecule has 1 fully saturated rings. The molecule has 1 saturated carbocycles. The van der Waals surface area contributed by atoms with Gasteiger partial charge < -0.3 is 5.11 Å². The molecule has 0 aliphatic heterocycles. The molecule has 0 radical (unpaired) electrons. The quantitative estimate of drug-likeness (QED) is 0.868.